The Morgan fingerprint density at radius 3 is 2.68 bits per heavy atom. The molecule has 3 rings (SSSR count). The fourth-order valence-corrected chi connectivity index (χ4v) is 2.35. The van der Waals surface area contributed by atoms with Gasteiger partial charge in [0.05, 0.1) is 12.2 Å². The van der Waals surface area contributed by atoms with Crippen molar-refractivity contribution >= 4 is 17.6 Å². The largest absolute Gasteiger partial charge is 0.462 e. The van der Waals surface area contributed by atoms with Gasteiger partial charge >= 0.3 is 5.97 Å². The second kappa shape index (κ2) is 8.85. The Balaban J connectivity index is 1.58. The number of esters is 1. The lowest BCUT2D eigenvalue weighted by Gasteiger charge is -2.06. The quantitative estimate of drug-likeness (QED) is 0.630. The molecule has 0 aliphatic heterocycles. The Kier molecular flexibility index (Phi) is 6.05. The smallest absolute Gasteiger partial charge is 0.338 e. The average Bonchev–Trinajstić information content (AvgIpc) is 3.15. The summed E-state index contributed by atoms with van der Waals surface area (Å²) in [5.41, 5.74) is 1.39. The second-order valence-corrected chi connectivity index (χ2v) is 5.92. The number of ether oxygens (including phenoxy) is 1. The van der Waals surface area contributed by atoms with Crippen LogP contribution in [0.5, 0.6) is 0 Å². The van der Waals surface area contributed by atoms with Crippen LogP contribution in [0.1, 0.15) is 23.7 Å². The molecule has 1 amide bonds. The Morgan fingerprint density at radius 1 is 1.18 bits per heavy atom. The van der Waals surface area contributed by atoms with Crippen molar-refractivity contribution in [2.24, 2.45) is 0 Å². The van der Waals surface area contributed by atoms with Crippen molar-refractivity contribution in [2.45, 2.75) is 19.9 Å². The number of benzene rings is 2. The van der Waals surface area contributed by atoms with E-state index in [0.29, 0.717) is 23.4 Å². The summed E-state index contributed by atoms with van der Waals surface area (Å²) < 4.78 is 18.3. The third-order valence-electron chi connectivity index (χ3n) is 3.66. The molecule has 144 valence electrons. The van der Waals surface area contributed by atoms with E-state index in [2.05, 4.69) is 20.7 Å². The number of rotatable bonds is 7. The fourth-order valence-electron chi connectivity index (χ4n) is 2.35. The maximum Gasteiger partial charge on any atom is 0.338 e. The topological polar surface area (TPSA) is 99.0 Å². The third kappa shape index (κ3) is 4.97. The molecule has 1 aromatic heterocycles. The molecule has 2 aromatic carbocycles. The van der Waals surface area contributed by atoms with Gasteiger partial charge in [0, 0.05) is 11.3 Å². The van der Waals surface area contributed by atoms with Crippen LogP contribution in [0.3, 0.4) is 0 Å². The molecule has 0 spiro atoms. The van der Waals surface area contributed by atoms with Crippen molar-refractivity contribution in [1.29, 1.82) is 0 Å². The summed E-state index contributed by atoms with van der Waals surface area (Å²) in [6, 6.07) is 12.1. The van der Waals surface area contributed by atoms with Gasteiger partial charge in [-0.3, -0.25) is 4.79 Å². The highest BCUT2D eigenvalue weighted by Gasteiger charge is 2.11. The zero-order valence-corrected chi connectivity index (χ0v) is 15.1. The van der Waals surface area contributed by atoms with Crippen molar-refractivity contribution in [3.63, 3.8) is 0 Å². The number of nitrogens with zero attached hydrogens (tertiary/aromatic N) is 4. The minimum Gasteiger partial charge on any atom is -0.462 e. The molecule has 8 nitrogen and oxygen atoms in total. The van der Waals surface area contributed by atoms with Crippen LogP contribution in [0, 0.1) is 5.82 Å². The molecule has 0 saturated heterocycles. The number of aromatic nitrogens is 4. The van der Waals surface area contributed by atoms with Crippen molar-refractivity contribution in [1.82, 2.24) is 20.2 Å². The first-order chi connectivity index (χ1) is 13.5. The maximum absolute atomic E-state index is 13.3. The van der Waals surface area contributed by atoms with Gasteiger partial charge in [-0.05, 0) is 48.0 Å². The standard InChI is InChI=1S/C19H18FN5O3/c1-2-10-28-19(27)13-6-8-16(9-7-13)21-17(26)12-25-23-18(22-24-25)14-4-3-5-15(20)11-14/h3-9,11H,2,10,12H2,1H3,(H,21,26). The lowest BCUT2D eigenvalue weighted by Crippen LogP contribution is -2.20. The van der Waals surface area contributed by atoms with Crippen molar-refractivity contribution < 1.29 is 18.7 Å². The van der Waals surface area contributed by atoms with Crippen LogP contribution in [0.15, 0.2) is 48.5 Å². The molecule has 1 N–H and O–H groups in total. The molecule has 28 heavy (non-hydrogen) atoms. The molecule has 0 unspecified atom stereocenters. The van der Waals surface area contributed by atoms with E-state index in [1.165, 1.54) is 12.1 Å². The van der Waals surface area contributed by atoms with E-state index in [1.807, 2.05) is 6.92 Å². The summed E-state index contributed by atoms with van der Waals surface area (Å²) in [7, 11) is 0. The Hall–Kier alpha value is -3.62. The molecule has 0 bridgehead atoms. The number of tetrazole rings is 1. The van der Waals surface area contributed by atoms with Gasteiger partial charge in [-0.2, -0.15) is 4.80 Å². The van der Waals surface area contributed by atoms with Gasteiger partial charge in [0.25, 0.3) is 0 Å². The molecule has 0 aliphatic rings. The Morgan fingerprint density at radius 2 is 1.96 bits per heavy atom. The number of nitrogens with one attached hydrogen (secondary N) is 1. The number of carbonyl (C=O) groups excluding carboxylic acids is 2. The number of carbonyl (C=O) groups is 2. The molecule has 9 heteroatoms. The highest BCUT2D eigenvalue weighted by atomic mass is 19.1. The zero-order valence-electron chi connectivity index (χ0n) is 15.1. The third-order valence-corrected chi connectivity index (χ3v) is 3.66. The van der Waals surface area contributed by atoms with E-state index in [0.717, 1.165) is 11.2 Å². The van der Waals surface area contributed by atoms with Gasteiger partial charge in [0.15, 0.2) is 0 Å². The van der Waals surface area contributed by atoms with Crippen molar-refractivity contribution in [2.75, 3.05) is 11.9 Å². The van der Waals surface area contributed by atoms with Crippen LogP contribution in [0.4, 0.5) is 10.1 Å². The molecule has 0 fully saturated rings. The monoisotopic (exact) mass is 383 g/mol. The number of anilines is 1. The number of halogens is 1. The van der Waals surface area contributed by atoms with Crippen LogP contribution in [-0.2, 0) is 16.1 Å². The second-order valence-electron chi connectivity index (χ2n) is 5.92. The number of hydrogen-bond acceptors (Lipinski definition) is 6. The van der Waals surface area contributed by atoms with Crippen LogP contribution in [-0.4, -0.2) is 38.7 Å². The lowest BCUT2D eigenvalue weighted by atomic mass is 10.2. The summed E-state index contributed by atoms with van der Waals surface area (Å²) in [5, 5.41) is 14.4. The van der Waals surface area contributed by atoms with Gasteiger partial charge in [-0.15, -0.1) is 10.2 Å². The molecule has 0 aliphatic carbocycles. The molecular weight excluding hydrogens is 365 g/mol. The van der Waals surface area contributed by atoms with E-state index in [9.17, 15) is 14.0 Å². The SMILES string of the molecule is CCCOC(=O)c1ccc(NC(=O)Cn2nnc(-c3cccc(F)c3)n2)cc1. The first-order valence-corrected chi connectivity index (χ1v) is 8.66. The lowest BCUT2D eigenvalue weighted by molar-refractivity contribution is -0.117. The van der Waals surface area contributed by atoms with Gasteiger partial charge in [0.1, 0.15) is 12.4 Å². The molecular formula is C19H18FN5O3. The zero-order chi connectivity index (χ0) is 19.9. The molecule has 0 radical (unpaired) electrons. The average molecular weight is 383 g/mol. The molecule has 1 heterocycles. The van der Waals surface area contributed by atoms with Gasteiger partial charge in [-0.1, -0.05) is 19.1 Å². The predicted molar refractivity (Wildman–Crippen MR) is 98.9 cm³/mol. The van der Waals surface area contributed by atoms with Crippen molar-refractivity contribution in [3.05, 3.63) is 59.9 Å². The summed E-state index contributed by atoms with van der Waals surface area (Å²) in [4.78, 5) is 25.0. The Bertz CT molecular complexity index is 972. The van der Waals surface area contributed by atoms with E-state index >= 15 is 0 Å². The van der Waals surface area contributed by atoms with Gasteiger partial charge in [0.2, 0.25) is 11.7 Å². The highest BCUT2D eigenvalue weighted by molar-refractivity contribution is 5.92. The van der Waals surface area contributed by atoms with Crippen molar-refractivity contribution in [3.8, 4) is 11.4 Å². The summed E-state index contributed by atoms with van der Waals surface area (Å²) in [6.45, 7) is 2.11. The maximum atomic E-state index is 13.3. The predicted octanol–water partition coefficient (Wildman–Crippen LogP) is 2.68. The highest BCUT2D eigenvalue weighted by Crippen LogP contribution is 2.14. The summed E-state index contributed by atoms with van der Waals surface area (Å²) in [6.07, 6.45) is 0.747. The molecule has 0 saturated carbocycles. The number of amides is 1. The summed E-state index contributed by atoms with van der Waals surface area (Å²) in [5.74, 6) is -0.961. The first kappa shape index (κ1) is 19.2. The first-order valence-electron chi connectivity index (χ1n) is 8.66. The van der Waals surface area contributed by atoms with Crippen LogP contribution in [0.2, 0.25) is 0 Å². The van der Waals surface area contributed by atoms with E-state index in [1.54, 1.807) is 36.4 Å². The normalized spacial score (nSPS) is 10.5. The minimum absolute atomic E-state index is 0.164. The van der Waals surface area contributed by atoms with Crippen LogP contribution >= 0.6 is 0 Å². The summed E-state index contributed by atoms with van der Waals surface area (Å²) >= 11 is 0. The molecule has 0 atom stereocenters. The fraction of sp³-hybridized carbons (Fsp3) is 0.211. The van der Waals surface area contributed by atoms with Crippen LogP contribution in [0.25, 0.3) is 11.4 Å². The number of hydrogen-bond donors (Lipinski definition) is 1. The van der Waals surface area contributed by atoms with Crippen LogP contribution < -0.4 is 5.32 Å². The van der Waals surface area contributed by atoms with Gasteiger partial charge in [-0.25, -0.2) is 9.18 Å². The Labute approximate surface area is 160 Å². The van der Waals surface area contributed by atoms with Gasteiger partial charge < -0.3 is 10.1 Å². The minimum atomic E-state index is -0.409. The van der Waals surface area contributed by atoms with E-state index in [-0.39, 0.29) is 18.3 Å². The molecule has 3 aromatic rings. The van der Waals surface area contributed by atoms with E-state index < -0.39 is 11.8 Å². The van der Waals surface area contributed by atoms with E-state index in [4.69, 9.17) is 4.74 Å².